The fourth-order valence-corrected chi connectivity index (χ4v) is 4.80. The average Bonchev–Trinajstić information content (AvgIpc) is 3.51. The molecule has 0 radical (unpaired) electrons. The highest BCUT2D eigenvalue weighted by Crippen LogP contribution is 2.36. The lowest BCUT2D eigenvalue weighted by Crippen LogP contribution is -2.38. The lowest BCUT2D eigenvalue weighted by atomic mass is 10.1. The Balaban J connectivity index is 1.44. The van der Waals surface area contributed by atoms with Gasteiger partial charge in [0.15, 0.2) is 16.6 Å². The van der Waals surface area contributed by atoms with Crippen LogP contribution in [0.3, 0.4) is 0 Å². The number of hydrogen-bond acceptors (Lipinski definition) is 7. The Morgan fingerprint density at radius 1 is 1.27 bits per heavy atom. The highest BCUT2D eigenvalue weighted by molar-refractivity contribution is 7.22. The summed E-state index contributed by atoms with van der Waals surface area (Å²) in [4.78, 5) is 19.9. The molecule has 0 spiro atoms. The number of hydrogen-bond donors (Lipinski definition) is 0. The molecule has 1 atom stereocenters. The van der Waals surface area contributed by atoms with Crippen molar-refractivity contribution >= 4 is 32.6 Å². The molecule has 2 aliphatic rings. The Kier molecular flexibility index (Phi) is 5.18. The van der Waals surface area contributed by atoms with Gasteiger partial charge in [-0.15, -0.1) is 0 Å². The van der Waals surface area contributed by atoms with Gasteiger partial charge < -0.3 is 18.9 Å². The molecule has 1 fully saturated rings. The summed E-state index contributed by atoms with van der Waals surface area (Å²) in [7, 11) is 1.63. The van der Waals surface area contributed by atoms with Crippen LogP contribution in [0.25, 0.3) is 10.2 Å². The van der Waals surface area contributed by atoms with E-state index < -0.39 is 0 Å². The van der Waals surface area contributed by atoms with E-state index in [0.29, 0.717) is 28.9 Å². The van der Waals surface area contributed by atoms with Crippen LogP contribution in [-0.4, -0.2) is 44.0 Å². The van der Waals surface area contributed by atoms with Gasteiger partial charge in [0.2, 0.25) is 12.7 Å². The Bertz CT molecular complexity index is 1080. The fraction of sp³-hybridized carbons (Fsp3) is 0.364. The van der Waals surface area contributed by atoms with Crippen molar-refractivity contribution in [3.8, 4) is 17.2 Å². The molecule has 1 amide bonds. The number of thiazole rings is 1. The summed E-state index contributed by atoms with van der Waals surface area (Å²) >= 11 is 1.49. The zero-order valence-electron chi connectivity index (χ0n) is 16.6. The summed E-state index contributed by atoms with van der Waals surface area (Å²) in [5.74, 6) is 2.06. The zero-order chi connectivity index (χ0) is 20.5. The molecule has 1 aromatic heterocycles. The number of aromatic nitrogens is 1. The van der Waals surface area contributed by atoms with E-state index in [1.165, 1.54) is 11.3 Å². The molecule has 3 heterocycles. The number of carbonyl (C=O) groups is 1. The SMILES string of the molecule is COc1cccc2sc(N(CC3CCCO3)C(=O)Cc3ccc4c(c3)OCO4)nc12. The molecule has 8 heteroatoms. The van der Waals surface area contributed by atoms with E-state index in [1.807, 2.05) is 36.4 Å². The number of anilines is 1. The summed E-state index contributed by atoms with van der Waals surface area (Å²) in [6.45, 7) is 1.44. The summed E-state index contributed by atoms with van der Waals surface area (Å²) < 4.78 is 23.0. The minimum absolute atomic E-state index is 0.0256. The van der Waals surface area contributed by atoms with E-state index in [4.69, 9.17) is 23.9 Å². The lowest BCUT2D eigenvalue weighted by molar-refractivity contribution is -0.118. The number of carbonyl (C=O) groups excluding carboxylic acids is 1. The molecule has 1 unspecified atom stereocenters. The molecule has 0 aliphatic carbocycles. The minimum atomic E-state index is -0.0256. The van der Waals surface area contributed by atoms with E-state index in [0.717, 1.165) is 35.2 Å². The number of methoxy groups -OCH3 is 1. The lowest BCUT2D eigenvalue weighted by Gasteiger charge is -2.23. The van der Waals surface area contributed by atoms with Crippen LogP contribution in [0.5, 0.6) is 17.2 Å². The maximum absolute atomic E-state index is 13.4. The Hall–Kier alpha value is -2.84. The highest BCUT2D eigenvalue weighted by Gasteiger charge is 2.27. The van der Waals surface area contributed by atoms with E-state index >= 15 is 0 Å². The second-order valence-electron chi connectivity index (χ2n) is 7.31. The van der Waals surface area contributed by atoms with Crippen LogP contribution < -0.4 is 19.1 Å². The smallest absolute Gasteiger partial charge is 0.233 e. The third kappa shape index (κ3) is 3.68. The number of rotatable bonds is 6. The second kappa shape index (κ2) is 8.12. The largest absolute Gasteiger partial charge is 0.494 e. The molecule has 0 saturated carbocycles. The molecule has 5 rings (SSSR count). The van der Waals surface area contributed by atoms with E-state index in [9.17, 15) is 4.79 Å². The van der Waals surface area contributed by atoms with Crippen LogP contribution in [0.4, 0.5) is 5.13 Å². The molecule has 0 N–H and O–H groups in total. The highest BCUT2D eigenvalue weighted by atomic mass is 32.1. The maximum atomic E-state index is 13.4. The van der Waals surface area contributed by atoms with Crippen LogP contribution in [0.15, 0.2) is 36.4 Å². The van der Waals surface area contributed by atoms with E-state index in [2.05, 4.69) is 0 Å². The number of para-hydroxylation sites is 1. The monoisotopic (exact) mass is 426 g/mol. The Morgan fingerprint density at radius 2 is 2.17 bits per heavy atom. The minimum Gasteiger partial charge on any atom is -0.494 e. The van der Waals surface area contributed by atoms with Crippen LogP contribution in [0.2, 0.25) is 0 Å². The first kappa shape index (κ1) is 19.1. The van der Waals surface area contributed by atoms with E-state index in [1.54, 1.807) is 12.0 Å². The zero-order valence-corrected chi connectivity index (χ0v) is 17.4. The van der Waals surface area contributed by atoms with Gasteiger partial charge in [0.25, 0.3) is 0 Å². The fourth-order valence-electron chi connectivity index (χ4n) is 3.79. The van der Waals surface area contributed by atoms with Gasteiger partial charge in [-0.2, -0.15) is 0 Å². The quantitative estimate of drug-likeness (QED) is 0.597. The number of amides is 1. The van der Waals surface area contributed by atoms with Gasteiger partial charge in [-0.05, 0) is 42.7 Å². The molecule has 156 valence electrons. The summed E-state index contributed by atoms with van der Waals surface area (Å²) in [5, 5.41) is 0.663. The second-order valence-corrected chi connectivity index (χ2v) is 8.32. The van der Waals surface area contributed by atoms with Crippen LogP contribution in [0.1, 0.15) is 18.4 Å². The predicted molar refractivity (Wildman–Crippen MR) is 114 cm³/mol. The molecule has 7 nitrogen and oxygen atoms in total. The van der Waals surface area contributed by atoms with Crippen molar-refractivity contribution in [1.82, 2.24) is 4.98 Å². The van der Waals surface area contributed by atoms with Gasteiger partial charge >= 0.3 is 0 Å². The predicted octanol–water partition coefficient (Wildman–Crippen LogP) is 3.79. The average molecular weight is 426 g/mol. The van der Waals surface area contributed by atoms with Gasteiger partial charge in [-0.1, -0.05) is 23.5 Å². The summed E-state index contributed by atoms with van der Waals surface area (Å²) in [6.07, 6.45) is 2.24. The van der Waals surface area contributed by atoms with Crippen molar-refractivity contribution in [2.75, 3.05) is 32.0 Å². The molecule has 30 heavy (non-hydrogen) atoms. The molecular weight excluding hydrogens is 404 g/mol. The van der Waals surface area contributed by atoms with Gasteiger partial charge in [0.05, 0.1) is 30.9 Å². The molecule has 1 saturated heterocycles. The van der Waals surface area contributed by atoms with Crippen LogP contribution in [-0.2, 0) is 16.0 Å². The number of nitrogens with zero attached hydrogens (tertiary/aromatic N) is 2. The molecule has 2 aliphatic heterocycles. The van der Waals surface area contributed by atoms with Crippen molar-refractivity contribution < 1.29 is 23.7 Å². The first-order valence-corrected chi connectivity index (χ1v) is 10.8. The molecule has 2 aromatic carbocycles. The molecule has 0 bridgehead atoms. The number of benzene rings is 2. The maximum Gasteiger partial charge on any atom is 0.233 e. The third-order valence-electron chi connectivity index (χ3n) is 5.33. The molecular formula is C22H22N2O5S. The van der Waals surface area contributed by atoms with Gasteiger partial charge in [-0.25, -0.2) is 4.98 Å². The Morgan fingerprint density at radius 3 is 3.00 bits per heavy atom. The third-order valence-corrected chi connectivity index (χ3v) is 6.37. The van der Waals surface area contributed by atoms with Crippen LogP contribution >= 0.6 is 11.3 Å². The van der Waals surface area contributed by atoms with Crippen molar-refractivity contribution in [3.63, 3.8) is 0 Å². The Labute approximate surface area is 178 Å². The van der Waals surface area contributed by atoms with Crippen molar-refractivity contribution in [2.45, 2.75) is 25.4 Å². The van der Waals surface area contributed by atoms with Gasteiger partial charge in [0.1, 0.15) is 11.3 Å². The first-order chi connectivity index (χ1) is 14.7. The summed E-state index contributed by atoms with van der Waals surface area (Å²) in [5.41, 5.74) is 1.65. The van der Waals surface area contributed by atoms with Crippen molar-refractivity contribution in [2.24, 2.45) is 0 Å². The number of fused-ring (bicyclic) bond motifs is 2. The number of ether oxygens (including phenoxy) is 4. The van der Waals surface area contributed by atoms with Crippen LogP contribution in [0, 0.1) is 0 Å². The van der Waals surface area contributed by atoms with Crippen molar-refractivity contribution in [1.29, 1.82) is 0 Å². The summed E-state index contributed by atoms with van der Waals surface area (Å²) in [6, 6.07) is 11.4. The van der Waals surface area contributed by atoms with Gasteiger partial charge in [0, 0.05) is 6.61 Å². The molecule has 3 aromatic rings. The van der Waals surface area contributed by atoms with Gasteiger partial charge in [-0.3, -0.25) is 9.69 Å². The first-order valence-electron chi connectivity index (χ1n) is 9.95. The van der Waals surface area contributed by atoms with E-state index in [-0.39, 0.29) is 25.2 Å². The van der Waals surface area contributed by atoms with Crippen molar-refractivity contribution in [3.05, 3.63) is 42.0 Å². The standard InChI is InChI=1S/C22H22N2O5S/c1-26-17-5-2-6-19-21(17)23-22(30-19)24(12-15-4-3-9-27-15)20(25)11-14-7-8-16-18(10-14)29-13-28-16/h2,5-8,10,15H,3-4,9,11-13H2,1H3. The topological polar surface area (TPSA) is 70.1 Å². The normalized spacial score (nSPS) is 17.4.